The van der Waals surface area contributed by atoms with Crippen molar-refractivity contribution in [3.05, 3.63) is 0 Å². The van der Waals surface area contributed by atoms with Crippen molar-refractivity contribution in [2.75, 3.05) is 6.61 Å². The molecule has 1 amide bonds. The molecule has 0 aromatic heterocycles. The monoisotopic (exact) mass is 387 g/mol. The molecule has 0 aliphatic carbocycles. The summed E-state index contributed by atoms with van der Waals surface area (Å²) in [6.45, 7) is 6.11. The number of carbonyl (C=O) groups is 2. The summed E-state index contributed by atoms with van der Waals surface area (Å²) in [6.07, 6.45) is 16.1. The van der Waals surface area contributed by atoms with E-state index in [2.05, 4.69) is 0 Å². The second kappa shape index (κ2) is 17.0. The lowest BCUT2D eigenvalue weighted by atomic mass is 10.0. The van der Waals surface area contributed by atoms with Crippen LogP contribution in [0.5, 0.6) is 0 Å². The molecule has 0 unspecified atom stereocenters. The molecule has 0 saturated carbocycles. The molecule has 0 rings (SSSR count). The summed E-state index contributed by atoms with van der Waals surface area (Å²) in [5, 5.41) is 9.48. The van der Waals surface area contributed by atoms with Crippen molar-refractivity contribution >= 4 is 12.4 Å². The third-order valence-electron chi connectivity index (χ3n) is 4.20. The Kier molecular flexibility index (Phi) is 16.3. The van der Waals surface area contributed by atoms with Crippen LogP contribution >= 0.6 is 0 Å². The van der Waals surface area contributed by atoms with E-state index in [1.165, 1.54) is 51.4 Å². The van der Waals surface area contributed by atoms with Crippen molar-refractivity contribution in [2.45, 2.75) is 116 Å². The highest BCUT2D eigenvalue weighted by atomic mass is 17.0. The fourth-order valence-corrected chi connectivity index (χ4v) is 2.83. The molecule has 1 N–H and O–H groups in total. The van der Waals surface area contributed by atoms with Crippen LogP contribution in [-0.4, -0.2) is 34.9 Å². The number of aliphatic carboxylic acids is 1. The Labute approximate surface area is 165 Å². The van der Waals surface area contributed by atoms with Gasteiger partial charge in [0, 0.05) is 6.42 Å². The smallest absolute Gasteiger partial charge is 0.303 e. The van der Waals surface area contributed by atoms with E-state index in [0.29, 0.717) is 19.4 Å². The first kappa shape index (κ1) is 25.9. The summed E-state index contributed by atoms with van der Waals surface area (Å²) in [7, 11) is 0. The molecule has 27 heavy (non-hydrogen) atoms. The quantitative estimate of drug-likeness (QED) is 0.176. The van der Waals surface area contributed by atoms with Crippen LogP contribution in [0.15, 0.2) is 0 Å². The molecule has 0 atom stereocenters. The average molecular weight is 388 g/mol. The third kappa shape index (κ3) is 21.0. The Morgan fingerprint density at radius 3 is 1.59 bits per heavy atom. The molecule has 6 nitrogen and oxygen atoms in total. The van der Waals surface area contributed by atoms with Gasteiger partial charge in [0.25, 0.3) is 6.41 Å². The van der Waals surface area contributed by atoms with Gasteiger partial charge in [-0.2, -0.15) is 0 Å². The summed E-state index contributed by atoms with van der Waals surface area (Å²) in [5.74, 6) is -0.681. The first-order valence-electron chi connectivity index (χ1n) is 10.6. The molecule has 0 radical (unpaired) electrons. The molecule has 0 aromatic rings. The zero-order chi connectivity index (χ0) is 20.4. The highest BCUT2D eigenvalue weighted by Crippen LogP contribution is 2.13. The largest absolute Gasteiger partial charge is 0.481 e. The fraction of sp³-hybridized carbons (Fsp3) is 0.905. The van der Waals surface area contributed by atoms with Crippen molar-refractivity contribution in [1.29, 1.82) is 0 Å². The Balaban J connectivity index is 3.25. The van der Waals surface area contributed by atoms with Gasteiger partial charge in [-0.15, -0.1) is 0 Å². The van der Waals surface area contributed by atoms with Crippen LogP contribution in [0.4, 0.5) is 0 Å². The number of nitrogens with zero attached hydrogens (tertiary/aromatic N) is 1. The molecular weight excluding hydrogens is 346 g/mol. The van der Waals surface area contributed by atoms with Gasteiger partial charge in [0.15, 0.2) is 0 Å². The van der Waals surface area contributed by atoms with E-state index < -0.39 is 11.6 Å². The first-order chi connectivity index (χ1) is 12.8. The van der Waals surface area contributed by atoms with Crippen molar-refractivity contribution < 1.29 is 24.4 Å². The van der Waals surface area contributed by atoms with Gasteiger partial charge in [0.05, 0.1) is 12.2 Å². The Hall–Kier alpha value is -1.14. The summed E-state index contributed by atoms with van der Waals surface area (Å²) < 4.78 is 0. The van der Waals surface area contributed by atoms with Crippen LogP contribution in [0, 0.1) is 0 Å². The van der Waals surface area contributed by atoms with E-state index in [4.69, 9.17) is 14.8 Å². The maximum Gasteiger partial charge on any atom is 0.303 e. The molecule has 160 valence electrons. The summed E-state index contributed by atoms with van der Waals surface area (Å²) in [4.78, 5) is 31.9. The first-order valence-corrected chi connectivity index (χ1v) is 10.6. The Bertz CT molecular complexity index is 368. The van der Waals surface area contributed by atoms with Gasteiger partial charge in [-0.1, -0.05) is 75.9 Å². The van der Waals surface area contributed by atoms with E-state index >= 15 is 0 Å². The molecule has 0 bridgehead atoms. The maximum absolute atomic E-state index is 10.8. The van der Waals surface area contributed by atoms with E-state index in [0.717, 1.165) is 37.3 Å². The highest BCUT2D eigenvalue weighted by molar-refractivity contribution is 5.66. The number of hydrogen-bond donors (Lipinski definition) is 1. The summed E-state index contributed by atoms with van der Waals surface area (Å²) in [5.41, 5.74) is -0.443. The van der Waals surface area contributed by atoms with Crippen molar-refractivity contribution in [3.63, 3.8) is 0 Å². The van der Waals surface area contributed by atoms with E-state index in [1.807, 2.05) is 20.8 Å². The van der Waals surface area contributed by atoms with Crippen LogP contribution in [-0.2, 0) is 19.3 Å². The second-order valence-electron chi connectivity index (χ2n) is 8.17. The van der Waals surface area contributed by atoms with Crippen molar-refractivity contribution in [1.82, 2.24) is 5.23 Å². The molecule has 0 aliphatic heterocycles. The number of amides is 1. The molecular formula is C21H41NO5. The lowest BCUT2D eigenvalue weighted by Gasteiger charge is -2.25. The summed E-state index contributed by atoms with van der Waals surface area (Å²) in [6, 6.07) is 0. The van der Waals surface area contributed by atoms with Crippen molar-refractivity contribution in [2.24, 2.45) is 0 Å². The predicted molar refractivity (Wildman–Crippen MR) is 107 cm³/mol. The molecule has 0 aromatic carbocycles. The van der Waals surface area contributed by atoms with Crippen LogP contribution in [0.2, 0.25) is 0 Å². The molecule has 0 fully saturated rings. The van der Waals surface area contributed by atoms with E-state index in [1.54, 1.807) is 0 Å². The summed E-state index contributed by atoms with van der Waals surface area (Å²) >= 11 is 0. The highest BCUT2D eigenvalue weighted by Gasteiger charge is 2.16. The van der Waals surface area contributed by atoms with Gasteiger partial charge in [0.1, 0.15) is 0 Å². The zero-order valence-electron chi connectivity index (χ0n) is 17.7. The molecule has 0 saturated heterocycles. The van der Waals surface area contributed by atoms with Crippen LogP contribution in [0.25, 0.3) is 0 Å². The van der Waals surface area contributed by atoms with Gasteiger partial charge in [-0.3, -0.25) is 9.59 Å². The maximum atomic E-state index is 10.8. The average Bonchev–Trinajstić information content (AvgIpc) is 2.59. The van der Waals surface area contributed by atoms with E-state index in [9.17, 15) is 9.59 Å². The van der Waals surface area contributed by atoms with Gasteiger partial charge in [-0.05, 0) is 33.6 Å². The molecule has 6 heteroatoms. The Morgan fingerprint density at radius 2 is 1.22 bits per heavy atom. The topological polar surface area (TPSA) is 76.1 Å². The fourth-order valence-electron chi connectivity index (χ4n) is 2.83. The van der Waals surface area contributed by atoms with Crippen LogP contribution < -0.4 is 0 Å². The van der Waals surface area contributed by atoms with Gasteiger partial charge in [-0.25, -0.2) is 9.68 Å². The number of unbranched alkanes of at least 4 members (excludes halogenated alkanes) is 12. The normalized spacial score (nSPS) is 11.5. The predicted octanol–water partition coefficient (Wildman–Crippen LogP) is 5.65. The molecule has 0 heterocycles. The lowest BCUT2D eigenvalue weighted by molar-refractivity contribution is -0.367. The van der Waals surface area contributed by atoms with Gasteiger partial charge < -0.3 is 5.11 Å². The number of carbonyl (C=O) groups excluding carboxylic acids is 1. The second-order valence-corrected chi connectivity index (χ2v) is 8.17. The zero-order valence-corrected chi connectivity index (χ0v) is 17.7. The van der Waals surface area contributed by atoms with E-state index in [-0.39, 0.29) is 0 Å². The van der Waals surface area contributed by atoms with Gasteiger partial charge in [0.2, 0.25) is 0 Å². The third-order valence-corrected chi connectivity index (χ3v) is 4.20. The Morgan fingerprint density at radius 1 is 0.815 bits per heavy atom. The number of carboxylic acids is 1. The number of rotatable bonds is 19. The molecule has 0 aliphatic rings. The van der Waals surface area contributed by atoms with Gasteiger partial charge >= 0.3 is 5.97 Å². The standard InChI is InChI=1S/C21H41NO5/c1-21(2,3)27-22(19-23)26-18-16-14-12-10-8-6-4-5-7-9-11-13-15-17-20(24)25/h19H,4-18H2,1-3H3,(H,24,25). The minimum atomic E-state index is -0.681. The lowest BCUT2D eigenvalue weighted by Crippen LogP contribution is -2.33. The number of hydrogen-bond acceptors (Lipinski definition) is 4. The SMILES string of the molecule is CC(C)(C)ON(C=O)OCCCCCCCCCCCCCCCC(=O)O. The number of hydroxylamine groups is 2. The molecule has 0 spiro atoms. The van der Waals surface area contributed by atoms with Crippen molar-refractivity contribution in [3.8, 4) is 0 Å². The minimum absolute atomic E-state index is 0.312. The van der Waals surface area contributed by atoms with Crippen LogP contribution in [0.1, 0.15) is 111 Å². The number of carboxylic acid groups (broad SMARTS) is 1. The van der Waals surface area contributed by atoms with Crippen LogP contribution in [0.3, 0.4) is 0 Å². The minimum Gasteiger partial charge on any atom is -0.481 e.